The number of carbonyl (C=O) groups is 1. The van der Waals surface area contributed by atoms with Gasteiger partial charge in [0.25, 0.3) is 5.91 Å². The number of aromatic hydroxyl groups is 1. The van der Waals surface area contributed by atoms with E-state index < -0.39 is 0 Å². The van der Waals surface area contributed by atoms with Gasteiger partial charge in [-0.3, -0.25) is 9.48 Å². The third-order valence-electron chi connectivity index (χ3n) is 2.53. The highest BCUT2D eigenvalue weighted by Crippen LogP contribution is 2.21. The average Bonchev–Trinajstić information content (AvgIpc) is 2.87. The molecule has 19 heavy (non-hydrogen) atoms. The molecule has 1 aromatic carbocycles. The van der Waals surface area contributed by atoms with Crippen LogP contribution < -0.4 is 5.32 Å². The van der Waals surface area contributed by atoms with Crippen molar-refractivity contribution in [3.63, 3.8) is 0 Å². The number of benzene rings is 1. The fourth-order valence-corrected chi connectivity index (χ4v) is 1.75. The van der Waals surface area contributed by atoms with Gasteiger partial charge in [-0.25, -0.2) is 0 Å². The number of phenols is 1. The van der Waals surface area contributed by atoms with E-state index in [0.717, 1.165) is 6.42 Å². The predicted octanol–water partition coefficient (Wildman–Crippen LogP) is 1.46. The van der Waals surface area contributed by atoms with Crippen LogP contribution in [-0.2, 0) is 6.54 Å². The summed E-state index contributed by atoms with van der Waals surface area (Å²) in [5.41, 5.74) is 0.213. The molecular formula is C12H13ClN4O2. The summed E-state index contributed by atoms with van der Waals surface area (Å²) in [5.74, 6) is -0.450. The van der Waals surface area contributed by atoms with E-state index in [1.54, 1.807) is 23.1 Å². The van der Waals surface area contributed by atoms with Gasteiger partial charge in [-0.15, -0.1) is 5.10 Å². The van der Waals surface area contributed by atoms with Crippen LogP contribution in [0.3, 0.4) is 0 Å². The lowest BCUT2D eigenvalue weighted by Crippen LogP contribution is -2.25. The number of hydrogen-bond donors (Lipinski definition) is 2. The second-order valence-corrected chi connectivity index (χ2v) is 4.37. The first kappa shape index (κ1) is 13.4. The number of halogens is 1. The van der Waals surface area contributed by atoms with E-state index in [1.807, 2.05) is 0 Å². The van der Waals surface area contributed by atoms with Crippen molar-refractivity contribution in [2.75, 3.05) is 6.54 Å². The maximum Gasteiger partial charge on any atom is 0.255 e. The largest absolute Gasteiger partial charge is 0.507 e. The standard InChI is InChI=1S/C12H13ClN4O2/c13-9-2-3-10(11(18)8-9)12(19)14-4-1-6-17-7-5-15-16-17/h2-3,5,7-8,18H,1,4,6H2,(H,14,19). The molecular weight excluding hydrogens is 268 g/mol. The Labute approximate surface area is 115 Å². The highest BCUT2D eigenvalue weighted by Gasteiger charge is 2.10. The first-order valence-electron chi connectivity index (χ1n) is 5.77. The molecule has 1 aromatic heterocycles. The number of nitrogens with one attached hydrogen (secondary N) is 1. The Hall–Kier alpha value is -2.08. The van der Waals surface area contributed by atoms with Crippen LogP contribution in [0.25, 0.3) is 0 Å². The third kappa shape index (κ3) is 3.69. The van der Waals surface area contributed by atoms with Crippen molar-refractivity contribution in [1.82, 2.24) is 20.3 Å². The summed E-state index contributed by atoms with van der Waals surface area (Å²) in [7, 11) is 0. The summed E-state index contributed by atoms with van der Waals surface area (Å²) in [6, 6.07) is 4.39. The van der Waals surface area contributed by atoms with Crippen LogP contribution in [0.1, 0.15) is 16.8 Å². The van der Waals surface area contributed by atoms with Crippen molar-refractivity contribution in [3.8, 4) is 5.75 Å². The number of aryl methyl sites for hydroxylation is 1. The van der Waals surface area contributed by atoms with Crippen LogP contribution in [0.5, 0.6) is 5.75 Å². The molecule has 1 amide bonds. The van der Waals surface area contributed by atoms with Gasteiger partial charge in [0.05, 0.1) is 11.8 Å². The monoisotopic (exact) mass is 280 g/mol. The molecule has 1 heterocycles. The number of amides is 1. The lowest BCUT2D eigenvalue weighted by molar-refractivity contribution is 0.0950. The Morgan fingerprint density at radius 3 is 3.00 bits per heavy atom. The smallest absolute Gasteiger partial charge is 0.255 e. The molecule has 2 N–H and O–H groups in total. The zero-order valence-corrected chi connectivity index (χ0v) is 10.8. The van der Waals surface area contributed by atoms with Crippen molar-refractivity contribution in [1.29, 1.82) is 0 Å². The van der Waals surface area contributed by atoms with Crippen LogP contribution in [0.2, 0.25) is 5.02 Å². The van der Waals surface area contributed by atoms with E-state index in [9.17, 15) is 9.90 Å². The van der Waals surface area contributed by atoms with Gasteiger partial charge in [-0.2, -0.15) is 0 Å². The Morgan fingerprint density at radius 1 is 1.47 bits per heavy atom. The summed E-state index contributed by atoms with van der Waals surface area (Å²) in [6.07, 6.45) is 4.08. The lowest BCUT2D eigenvalue weighted by atomic mass is 10.2. The van der Waals surface area contributed by atoms with E-state index >= 15 is 0 Å². The third-order valence-corrected chi connectivity index (χ3v) is 2.76. The molecule has 2 aromatic rings. The molecule has 0 saturated heterocycles. The van der Waals surface area contributed by atoms with Gasteiger partial charge in [-0.05, 0) is 24.6 Å². The average molecular weight is 281 g/mol. The molecule has 0 aliphatic heterocycles. The van der Waals surface area contributed by atoms with Crippen LogP contribution >= 0.6 is 11.6 Å². The van der Waals surface area contributed by atoms with Crippen molar-refractivity contribution in [3.05, 3.63) is 41.2 Å². The van der Waals surface area contributed by atoms with Crippen LogP contribution in [-0.4, -0.2) is 32.6 Å². The molecule has 0 radical (unpaired) electrons. The van der Waals surface area contributed by atoms with Crippen molar-refractivity contribution in [2.24, 2.45) is 0 Å². The molecule has 0 unspecified atom stereocenters. The summed E-state index contributed by atoms with van der Waals surface area (Å²) < 4.78 is 1.69. The normalized spacial score (nSPS) is 10.4. The Morgan fingerprint density at radius 2 is 2.32 bits per heavy atom. The Balaban J connectivity index is 1.81. The fraction of sp³-hybridized carbons (Fsp3) is 0.250. The topological polar surface area (TPSA) is 80.0 Å². The summed E-state index contributed by atoms with van der Waals surface area (Å²) in [4.78, 5) is 11.8. The van der Waals surface area contributed by atoms with Gasteiger partial charge >= 0.3 is 0 Å². The van der Waals surface area contributed by atoms with E-state index in [4.69, 9.17) is 11.6 Å². The molecule has 0 atom stereocenters. The minimum Gasteiger partial charge on any atom is -0.507 e. The van der Waals surface area contributed by atoms with Gasteiger partial charge < -0.3 is 10.4 Å². The molecule has 100 valence electrons. The minimum absolute atomic E-state index is 0.124. The van der Waals surface area contributed by atoms with Gasteiger partial charge in [-0.1, -0.05) is 16.8 Å². The van der Waals surface area contributed by atoms with E-state index in [-0.39, 0.29) is 17.2 Å². The van der Waals surface area contributed by atoms with E-state index in [0.29, 0.717) is 18.1 Å². The number of nitrogens with zero attached hydrogens (tertiary/aromatic N) is 3. The summed E-state index contributed by atoms with van der Waals surface area (Å²) >= 11 is 5.70. The zero-order valence-electron chi connectivity index (χ0n) is 10.1. The maximum atomic E-state index is 11.8. The molecule has 0 aliphatic carbocycles. The van der Waals surface area contributed by atoms with Crippen molar-refractivity contribution < 1.29 is 9.90 Å². The van der Waals surface area contributed by atoms with Crippen LogP contribution in [0, 0.1) is 0 Å². The molecule has 0 saturated carbocycles. The fourth-order valence-electron chi connectivity index (χ4n) is 1.59. The highest BCUT2D eigenvalue weighted by atomic mass is 35.5. The molecule has 7 heteroatoms. The Bertz CT molecular complexity index is 557. The number of hydrogen-bond acceptors (Lipinski definition) is 4. The van der Waals surface area contributed by atoms with E-state index in [2.05, 4.69) is 15.6 Å². The van der Waals surface area contributed by atoms with Crippen molar-refractivity contribution >= 4 is 17.5 Å². The molecule has 0 spiro atoms. The summed E-state index contributed by atoms with van der Waals surface area (Å²) in [5, 5.41) is 20.2. The first-order valence-corrected chi connectivity index (χ1v) is 6.15. The quantitative estimate of drug-likeness (QED) is 0.813. The van der Waals surface area contributed by atoms with Gasteiger partial charge in [0.1, 0.15) is 5.75 Å². The maximum absolute atomic E-state index is 11.8. The molecule has 0 bridgehead atoms. The van der Waals surface area contributed by atoms with E-state index in [1.165, 1.54) is 12.1 Å². The molecule has 6 nitrogen and oxygen atoms in total. The minimum atomic E-state index is -0.326. The lowest BCUT2D eigenvalue weighted by Gasteiger charge is -2.07. The van der Waals surface area contributed by atoms with Gasteiger partial charge in [0, 0.05) is 24.3 Å². The number of aromatic nitrogens is 3. The van der Waals surface area contributed by atoms with Crippen LogP contribution in [0.4, 0.5) is 0 Å². The number of phenolic OH excluding ortho intramolecular Hbond substituents is 1. The number of rotatable bonds is 5. The molecule has 2 rings (SSSR count). The number of carbonyl (C=O) groups excluding carboxylic acids is 1. The molecule has 0 fully saturated rings. The SMILES string of the molecule is O=C(NCCCn1ccnn1)c1ccc(Cl)cc1O. The predicted molar refractivity (Wildman–Crippen MR) is 70.1 cm³/mol. The summed E-state index contributed by atoms with van der Waals surface area (Å²) in [6.45, 7) is 1.16. The second kappa shape index (κ2) is 6.19. The highest BCUT2D eigenvalue weighted by molar-refractivity contribution is 6.30. The Kier molecular flexibility index (Phi) is 4.35. The second-order valence-electron chi connectivity index (χ2n) is 3.94. The van der Waals surface area contributed by atoms with Crippen LogP contribution in [0.15, 0.2) is 30.6 Å². The van der Waals surface area contributed by atoms with Crippen molar-refractivity contribution in [2.45, 2.75) is 13.0 Å². The first-order chi connectivity index (χ1) is 9.16. The van der Waals surface area contributed by atoms with Gasteiger partial charge in [0.2, 0.25) is 0 Å². The van der Waals surface area contributed by atoms with Gasteiger partial charge in [0.15, 0.2) is 0 Å². The zero-order chi connectivity index (χ0) is 13.7. The molecule has 0 aliphatic rings.